The predicted molar refractivity (Wildman–Crippen MR) is 87.8 cm³/mol. The van der Waals surface area contributed by atoms with Crippen LogP contribution in [0.4, 0.5) is 0 Å². The SMILES string of the molecule is Cc1noc(C2CN(CCOc3ccccc3Cl)CCN2C)n1. The summed E-state index contributed by atoms with van der Waals surface area (Å²) in [4.78, 5) is 8.96. The van der Waals surface area contributed by atoms with Crippen molar-refractivity contribution in [3.05, 3.63) is 41.0 Å². The average molecular weight is 337 g/mol. The largest absolute Gasteiger partial charge is 0.491 e. The third-order valence-corrected chi connectivity index (χ3v) is 4.37. The van der Waals surface area contributed by atoms with Gasteiger partial charge in [0.1, 0.15) is 18.4 Å². The topological polar surface area (TPSA) is 54.6 Å². The zero-order valence-corrected chi connectivity index (χ0v) is 14.2. The molecule has 0 bridgehead atoms. The lowest BCUT2D eigenvalue weighted by Crippen LogP contribution is -2.47. The van der Waals surface area contributed by atoms with Crippen molar-refractivity contribution < 1.29 is 9.26 Å². The van der Waals surface area contributed by atoms with E-state index >= 15 is 0 Å². The molecule has 0 saturated carbocycles. The van der Waals surface area contributed by atoms with Gasteiger partial charge in [-0.1, -0.05) is 28.9 Å². The number of hydrogen-bond acceptors (Lipinski definition) is 6. The van der Waals surface area contributed by atoms with Gasteiger partial charge < -0.3 is 9.26 Å². The molecule has 1 aliphatic rings. The summed E-state index contributed by atoms with van der Waals surface area (Å²) in [6.07, 6.45) is 0. The first-order valence-electron chi connectivity index (χ1n) is 7.73. The standard InChI is InChI=1S/C16H21ClN4O2/c1-12-18-16(23-19-12)14-11-21(8-7-20(14)2)9-10-22-15-6-4-3-5-13(15)17/h3-6,14H,7-11H2,1-2H3. The van der Waals surface area contributed by atoms with Crippen LogP contribution in [0.2, 0.25) is 5.02 Å². The molecule has 0 amide bonds. The minimum atomic E-state index is 0.130. The van der Waals surface area contributed by atoms with Gasteiger partial charge in [0.2, 0.25) is 5.89 Å². The highest BCUT2D eigenvalue weighted by Gasteiger charge is 2.29. The van der Waals surface area contributed by atoms with E-state index in [1.54, 1.807) is 0 Å². The van der Waals surface area contributed by atoms with Crippen LogP contribution in [0.1, 0.15) is 17.8 Å². The molecule has 1 saturated heterocycles. The number of benzene rings is 1. The highest BCUT2D eigenvalue weighted by Crippen LogP contribution is 2.24. The van der Waals surface area contributed by atoms with Crippen molar-refractivity contribution >= 4 is 11.6 Å². The van der Waals surface area contributed by atoms with Gasteiger partial charge in [-0.2, -0.15) is 4.98 Å². The molecule has 1 aromatic carbocycles. The monoisotopic (exact) mass is 336 g/mol. The fraction of sp³-hybridized carbons (Fsp3) is 0.500. The van der Waals surface area contributed by atoms with Crippen molar-refractivity contribution in [2.75, 3.05) is 39.8 Å². The van der Waals surface area contributed by atoms with Gasteiger partial charge in [-0.3, -0.25) is 9.80 Å². The van der Waals surface area contributed by atoms with Gasteiger partial charge in [0.05, 0.1) is 5.02 Å². The van der Waals surface area contributed by atoms with E-state index in [0.29, 0.717) is 23.3 Å². The van der Waals surface area contributed by atoms with E-state index in [0.717, 1.165) is 31.9 Å². The molecule has 124 valence electrons. The fourth-order valence-corrected chi connectivity index (χ4v) is 2.89. The number of hydrogen-bond donors (Lipinski definition) is 0. The van der Waals surface area contributed by atoms with E-state index in [4.69, 9.17) is 20.9 Å². The van der Waals surface area contributed by atoms with Gasteiger partial charge >= 0.3 is 0 Å². The molecule has 1 aromatic heterocycles. The second-order valence-corrected chi connectivity index (χ2v) is 6.16. The Morgan fingerprint density at radius 3 is 2.91 bits per heavy atom. The summed E-state index contributed by atoms with van der Waals surface area (Å²) in [5.41, 5.74) is 0. The number of aromatic nitrogens is 2. The first-order valence-corrected chi connectivity index (χ1v) is 8.11. The highest BCUT2D eigenvalue weighted by molar-refractivity contribution is 6.32. The van der Waals surface area contributed by atoms with Gasteiger partial charge in [-0.05, 0) is 26.1 Å². The number of piperazine rings is 1. The Balaban J connectivity index is 1.54. The lowest BCUT2D eigenvalue weighted by molar-refractivity contribution is 0.0672. The third-order valence-electron chi connectivity index (χ3n) is 4.06. The van der Waals surface area contributed by atoms with E-state index in [-0.39, 0.29) is 6.04 Å². The normalized spacial score (nSPS) is 19.9. The lowest BCUT2D eigenvalue weighted by Gasteiger charge is -2.37. The first kappa shape index (κ1) is 16.2. The number of likely N-dealkylation sites (N-methyl/N-ethyl adjacent to an activating group) is 1. The molecular weight excluding hydrogens is 316 g/mol. The quantitative estimate of drug-likeness (QED) is 0.835. The lowest BCUT2D eigenvalue weighted by atomic mass is 10.2. The van der Waals surface area contributed by atoms with Crippen molar-refractivity contribution in [2.45, 2.75) is 13.0 Å². The van der Waals surface area contributed by atoms with Crippen molar-refractivity contribution in [1.29, 1.82) is 0 Å². The number of rotatable bonds is 5. The smallest absolute Gasteiger partial charge is 0.245 e. The molecule has 23 heavy (non-hydrogen) atoms. The minimum absolute atomic E-state index is 0.130. The van der Waals surface area contributed by atoms with E-state index in [1.165, 1.54) is 0 Å². The maximum Gasteiger partial charge on any atom is 0.245 e. The molecule has 0 aliphatic carbocycles. The Hall–Kier alpha value is -1.63. The molecular formula is C16H21ClN4O2. The number of ether oxygens (including phenoxy) is 1. The van der Waals surface area contributed by atoms with Gasteiger partial charge in [-0.25, -0.2) is 0 Å². The number of nitrogens with zero attached hydrogens (tertiary/aromatic N) is 4. The highest BCUT2D eigenvalue weighted by atomic mass is 35.5. The molecule has 1 fully saturated rings. The van der Waals surface area contributed by atoms with Crippen LogP contribution in [-0.4, -0.2) is 59.8 Å². The molecule has 0 N–H and O–H groups in total. The van der Waals surface area contributed by atoms with Crippen LogP contribution in [0, 0.1) is 6.92 Å². The van der Waals surface area contributed by atoms with Crippen molar-refractivity contribution in [3.63, 3.8) is 0 Å². The maximum atomic E-state index is 6.10. The van der Waals surface area contributed by atoms with Crippen LogP contribution in [0.3, 0.4) is 0 Å². The summed E-state index contributed by atoms with van der Waals surface area (Å²) in [5.74, 6) is 2.08. The van der Waals surface area contributed by atoms with Crippen LogP contribution in [-0.2, 0) is 0 Å². The zero-order chi connectivity index (χ0) is 16.2. The molecule has 1 unspecified atom stereocenters. The second-order valence-electron chi connectivity index (χ2n) is 5.76. The van der Waals surface area contributed by atoms with E-state index in [1.807, 2.05) is 31.2 Å². The maximum absolute atomic E-state index is 6.10. The Labute approximate surface area is 141 Å². The summed E-state index contributed by atoms with van der Waals surface area (Å²) in [7, 11) is 2.09. The van der Waals surface area contributed by atoms with E-state index in [9.17, 15) is 0 Å². The van der Waals surface area contributed by atoms with E-state index in [2.05, 4.69) is 27.0 Å². The average Bonchev–Trinajstić information content (AvgIpc) is 2.97. The summed E-state index contributed by atoms with van der Waals surface area (Å²) >= 11 is 6.10. The van der Waals surface area contributed by atoms with E-state index < -0.39 is 0 Å². The summed E-state index contributed by atoms with van der Waals surface area (Å²) < 4.78 is 11.1. The summed E-state index contributed by atoms with van der Waals surface area (Å²) in [6.45, 7) is 6.07. The Bertz CT molecular complexity index is 649. The molecule has 2 heterocycles. The van der Waals surface area contributed by atoms with Crippen LogP contribution in [0.5, 0.6) is 5.75 Å². The number of halogens is 1. The molecule has 1 aliphatic heterocycles. The third kappa shape index (κ3) is 4.02. The van der Waals surface area contributed by atoms with Gasteiger partial charge in [-0.15, -0.1) is 0 Å². The molecule has 3 rings (SSSR count). The van der Waals surface area contributed by atoms with Gasteiger partial charge in [0.15, 0.2) is 5.82 Å². The number of aryl methyl sites for hydroxylation is 1. The molecule has 7 heteroatoms. The van der Waals surface area contributed by atoms with Crippen LogP contribution in [0.15, 0.2) is 28.8 Å². The fourth-order valence-electron chi connectivity index (χ4n) is 2.69. The Morgan fingerprint density at radius 1 is 1.35 bits per heavy atom. The minimum Gasteiger partial charge on any atom is -0.491 e. The Kier molecular flexibility index (Phi) is 5.15. The number of para-hydroxylation sites is 1. The van der Waals surface area contributed by atoms with Gasteiger partial charge in [0, 0.05) is 26.2 Å². The molecule has 6 nitrogen and oxygen atoms in total. The molecule has 0 radical (unpaired) electrons. The first-order chi connectivity index (χ1) is 11.1. The molecule has 0 spiro atoms. The molecule has 1 atom stereocenters. The summed E-state index contributed by atoms with van der Waals surface area (Å²) in [6, 6.07) is 7.67. The van der Waals surface area contributed by atoms with Crippen LogP contribution >= 0.6 is 11.6 Å². The van der Waals surface area contributed by atoms with Crippen LogP contribution in [0.25, 0.3) is 0 Å². The summed E-state index contributed by atoms with van der Waals surface area (Å²) in [5, 5.41) is 4.54. The second kappa shape index (κ2) is 7.29. The van der Waals surface area contributed by atoms with Crippen molar-refractivity contribution in [3.8, 4) is 5.75 Å². The molecule has 2 aromatic rings. The predicted octanol–water partition coefficient (Wildman–Crippen LogP) is 2.40. The van der Waals surface area contributed by atoms with Crippen molar-refractivity contribution in [2.24, 2.45) is 0 Å². The zero-order valence-electron chi connectivity index (χ0n) is 13.4. The van der Waals surface area contributed by atoms with Gasteiger partial charge in [0.25, 0.3) is 0 Å². The Morgan fingerprint density at radius 2 is 2.17 bits per heavy atom. The van der Waals surface area contributed by atoms with Crippen LogP contribution < -0.4 is 4.74 Å². The van der Waals surface area contributed by atoms with Crippen molar-refractivity contribution in [1.82, 2.24) is 19.9 Å².